The van der Waals surface area contributed by atoms with E-state index in [-0.39, 0.29) is 18.4 Å². The fourth-order valence-electron chi connectivity index (χ4n) is 0.525. The molecule has 2 atom stereocenters. The molecule has 1 nitrogen and oxygen atoms in total. The Labute approximate surface area is 52.7 Å². The highest BCUT2D eigenvalue weighted by Gasteiger charge is 2.40. The molecule has 0 radical (unpaired) electrons. The standard InChI is InChI=1S/C4H7F2N.ClH/c5-4(6)2-1-3(2)7;/h2-4H,1,7H2;1H. The quantitative estimate of drug-likeness (QED) is 0.583. The molecule has 0 aromatic rings. The van der Waals surface area contributed by atoms with E-state index in [0.29, 0.717) is 6.42 Å². The van der Waals surface area contributed by atoms with Crippen molar-refractivity contribution in [2.24, 2.45) is 11.7 Å². The molecule has 4 heteroatoms. The monoisotopic (exact) mass is 143 g/mol. The van der Waals surface area contributed by atoms with Gasteiger partial charge >= 0.3 is 0 Å². The Bertz CT molecular complexity index is 78.4. The molecule has 2 N–H and O–H groups in total. The number of hydrogen-bond acceptors (Lipinski definition) is 1. The average Bonchev–Trinajstić information content (AvgIpc) is 2.17. The van der Waals surface area contributed by atoms with Gasteiger partial charge in [-0.2, -0.15) is 0 Å². The highest BCUT2D eigenvalue weighted by molar-refractivity contribution is 5.85. The Balaban J connectivity index is 0.000000490. The van der Waals surface area contributed by atoms with Crippen LogP contribution in [0.15, 0.2) is 0 Å². The zero-order chi connectivity index (χ0) is 5.44. The Hall–Kier alpha value is 0.110. The molecule has 1 saturated carbocycles. The molecule has 0 amide bonds. The lowest BCUT2D eigenvalue weighted by Gasteiger charge is -1.88. The third-order valence-corrected chi connectivity index (χ3v) is 1.21. The molecule has 0 saturated heterocycles. The lowest BCUT2D eigenvalue weighted by Crippen LogP contribution is -2.06. The zero-order valence-corrected chi connectivity index (χ0v) is 5.00. The van der Waals surface area contributed by atoms with Crippen LogP contribution in [0.3, 0.4) is 0 Å². The molecule has 1 rings (SSSR count). The summed E-state index contributed by atoms with van der Waals surface area (Å²) in [6, 6.07) is -0.208. The van der Waals surface area contributed by atoms with Crippen LogP contribution in [0.25, 0.3) is 0 Å². The Morgan fingerprint density at radius 3 is 1.88 bits per heavy atom. The van der Waals surface area contributed by atoms with Crippen molar-refractivity contribution in [3.63, 3.8) is 0 Å². The van der Waals surface area contributed by atoms with Crippen LogP contribution in [0.1, 0.15) is 6.42 Å². The van der Waals surface area contributed by atoms with Gasteiger partial charge in [0.05, 0.1) is 0 Å². The van der Waals surface area contributed by atoms with E-state index in [1.54, 1.807) is 0 Å². The summed E-state index contributed by atoms with van der Waals surface area (Å²) in [6.45, 7) is 0. The van der Waals surface area contributed by atoms with Gasteiger partial charge in [0.15, 0.2) is 0 Å². The Morgan fingerprint density at radius 1 is 1.50 bits per heavy atom. The van der Waals surface area contributed by atoms with Gasteiger partial charge in [-0.15, -0.1) is 12.4 Å². The first-order chi connectivity index (χ1) is 3.22. The topological polar surface area (TPSA) is 26.0 Å². The molecule has 2 unspecified atom stereocenters. The van der Waals surface area contributed by atoms with Crippen molar-refractivity contribution in [1.82, 2.24) is 0 Å². The van der Waals surface area contributed by atoms with Crippen molar-refractivity contribution in [2.45, 2.75) is 18.9 Å². The molecule has 50 valence electrons. The van der Waals surface area contributed by atoms with Gasteiger partial charge in [-0.25, -0.2) is 8.78 Å². The van der Waals surface area contributed by atoms with E-state index in [2.05, 4.69) is 0 Å². The second-order valence-electron chi connectivity index (χ2n) is 1.90. The van der Waals surface area contributed by atoms with Crippen molar-refractivity contribution in [2.75, 3.05) is 0 Å². The maximum absolute atomic E-state index is 11.4. The van der Waals surface area contributed by atoms with Gasteiger partial charge in [0, 0.05) is 12.0 Å². The minimum atomic E-state index is -2.19. The number of nitrogens with two attached hydrogens (primary N) is 1. The van der Waals surface area contributed by atoms with Crippen LogP contribution in [-0.2, 0) is 0 Å². The average molecular weight is 144 g/mol. The smallest absolute Gasteiger partial charge is 0.242 e. The molecule has 1 aliphatic rings. The van der Waals surface area contributed by atoms with E-state index in [0.717, 1.165) is 0 Å². The largest absolute Gasteiger partial charge is 0.327 e. The summed E-state index contributed by atoms with van der Waals surface area (Å²) >= 11 is 0. The van der Waals surface area contributed by atoms with Crippen molar-refractivity contribution in [1.29, 1.82) is 0 Å². The molecule has 0 spiro atoms. The second kappa shape index (κ2) is 2.60. The minimum absolute atomic E-state index is 0. The third kappa shape index (κ3) is 1.56. The van der Waals surface area contributed by atoms with Crippen LogP contribution in [0.2, 0.25) is 0 Å². The van der Waals surface area contributed by atoms with Crippen LogP contribution in [0.4, 0.5) is 8.78 Å². The van der Waals surface area contributed by atoms with E-state index in [9.17, 15) is 8.78 Å². The van der Waals surface area contributed by atoms with E-state index in [1.165, 1.54) is 0 Å². The fourth-order valence-corrected chi connectivity index (χ4v) is 0.525. The number of halogens is 3. The van der Waals surface area contributed by atoms with Crippen molar-refractivity contribution < 1.29 is 8.78 Å². The molecular weight excluding hydrogens is 136 g/mol. The highest BCUT2D eigenvalue weighted by Crippen LogP contribution is 2.33. The van der Waals surface area contributed by atoms with E-state index < -0.39 is 12.3 Å². The highest BCUT2D eigenvalue weighted by atomic mass is 35.5. The summed E-state index contributed by atoms with van der Waals surface area (Å²) in [5.74, 6) is -0.486. The van der Waals surface area contributed by atoms with E-state index >= 15 is 0 Å². The predicted octanol–water partition coefficient (Wildman–Crippen LogP) is 1.02. The van der Waals surface area contributed by atoms with Gasteiger partial charge in [0.25, 0.3) is 0 Å². The van der Waals surface area contributed by atoms with Crippen molar-refractivity contribution in [3.8, 4) is 0 Å². The summed E-state index contributed by atoms with van der Waals surface area (Å²) in [5.41, 5.74) is 5.09. The lowest BCUT2D eigenvalue weighted by atomic mass is 10.4. The number of hydrogen-bond donors (Lipinski definition) is 1. The molecule has 1 aliphatic carbocycles. The molecule has 1 fully saturated rings. The Morgan fingerprint density at radius 2 is 1.88 bits per heavy atom. The number of rotatable bonds is 1. The summed E-state index contributed by atoms with van der Waals surface area (Å²) in [4.78, 5) is 0. The molecular formula is C4H8ClF2N. The van der Waals surface area contributed by atoms with Gasteiger partial charge in [-0.1, -0.05) is 0 Å². The first-order valence-electron chi connectivity index (χ1n) is 2.25. The normalized spacial score (nSPS) is 34.5. The molecule has 0 aliphatic heterocycles. The maximum Gasteiger partial charge on any atom is 0.242 e. The SMILES string of the molecule is Cl.NC1CC1C(F)F. The van der Waals surface area contributed by atoms with Gasteiger partial charge in [-0.3, -0.25) is 0 Å². The first-order valence-corrected chi connectivity index (χ1v) is 2.25. The molecule has 0 aromatic heterocycles. The molecule has 0 aromatic carbocycles. The zero-order valence-electron chi connectivity index (χ0n) is 4.18. The van der Waals surface area contributed by atoms with E-state index in [1.807, 2.05) is 0 Å². The van der Waals surface area contributed by atoms with Crippen LogP contribution < -0.4 is 5.73 Å². The molecule has 0 bridgehead atoms. The van der Waals surface area contributed by atoms with Crippen LogP contribution >= 0.6 is 12.4 Å². The minimum Gasteiger partial charge on any atom is -0.327 e. The Kier molecular flexibility index (Phi) is 2.63. The van der Waals surface area contributed by atoms with E-state index in [4.69, 9.17) is 5.73 Å². The predicted molar refractivity (Wildman–Crippen MR) is 29.3 cm³/mol. The maximum atomic E-state index is 11.4. The van der Waals surface area contributed by atoms with Crippen LogP contribution in [-0.4, -0.2) is 12.5 Å². The summed E-state index contributed by atoms with van der Waals surface area (Å²) in [7, 11) is 0. The molecule has 8 heavy (non-hydrogen) atoms. The lowest BCUT2D eigenvalue weighted by molar-refractivity contribution is 0.121. The van der Waals surface area contributed by atoms with Gasteiger partial charge in [0.2, 0.25) is 6.43 Å². The summed E-state index contributed by atoms with van der Waals surface area (Å²) in [6.07, 6.45) is -1.67. The van der Waals surface area contributed by atoms with Crippen molar-refractivity contribution >= 4 is 12.4 Å². The summed E-state index contributed by atoms with van der Waals surface area (Å²) < 4.78 is 22.8. The van der Waals surface area contributed by atoms with Gasteiger partial charge in [-0.05, 0) is 6.42 Å². The third-order valence-electron chi connectivity index (χ3n) is 1.21. The second-order valence-corrected chi connectivity index (χ2v) is 1.90. The van der Waals surface area contributed by atoms with Crippen LogP contribution in [0.5, 0.6) is 0 Å². The molecule has 0 heterocycles. The van der Waals surface area contributed by atoms with Gasteiger partial charge < -0.3 is 5.73 Å². The number of alkyl halides is 2. The first kappa shape index (κ1) is 8.11. The van der Waals surface area contributed by atoms with Crippen molar-refractivity contribution in [3.05, 3.63) is 0 Å². The fraction of sp³-hybridized carbons (Fsp3) is 1.00. The summed E-state index contributed by atoms with van der Waals surface area (Å²) in [5, 5.41) is 0. The van der Waals surface area contributed by atoms with Gasteiger partial charge in [0.1, 0.15) is 0 Å². The van der Waals surface area contributed by atoms with Crippen LogP contribution in [0, 0.1) is 5.92 Å².